The Kier molecular flexibility index (Phi) is 8.73. The summed E-state index contributed by atoms with van der Waals surface area (Å²) in [5, 5.41) is 1.92. The molecule has 0 aromatic heterocycles. The van der Waals surface area contributed by atoms with E-state index in [1.165, 1.54) is 34.1 Å². The maximum absolute atomic E-state index is 14.0. The van der Waals surface area contributed by atoms with Crippen molar-refractivity contribution in [2.75, 3.05) is 25.2 Å². The van der Waals surface area contributed by atoms with Crippen LogP contribution in [-0.2, 0) is 28.4 Å². The van der Waals surface area contributed by atoms with Gasteiger partial charge in [0, 0.05) is 30.8 Å². The molecule has 2 aliphatic carbocycles. The fourth-order valence-electron chi connectivity index (χ4n) is 6.79. The fourth-order valence-corrected chi connectivity index (χ4v) is 8.35. The summed E-state index contributed by atoms with van der Waals surface area (Å²) in [6.07, 6.45) is 1.39. The number of benzene rings is 3. The highest BCUT2D eigenvalue weighted by atomic mass is 32.2. The van der Waals surface area contributed by atoms with Gasteiger partial charge in [-0.1, -0.05) is 48.9 Å². The van der Waals surface area contributed by atoms with Crippen molar-refractivity contribution in [3.63, 3.8) is 0 Å². The Morgan fingerprint density at radius 3 is 2.54 bits per heavy atom. The molecule has 2 atom stereocenters. The molecule has 1 heterocycles. The van der Waals surface area contributed by atoms with Gasteiger partial charge in [0.1, 0.15) is 11.6 Å². The van der Waals surface area contributed by atoms with E-state index >= 15 is 0 Å². The van der Waals surface area contributed by atoms with Crippen molar-refractivity contribution in [3.05, 3.63) is 130 Å². The zero-order valence-electron chi connectivity index (χ0n) is 25.5. The third-order valence-corrected chi connectivity index (χ3v) is 10.8. The first-order valence-electron chi connectivity index (χ1n) is 15.2. The number of sulfonamides is 1. The van der Waals surface area contributed by atoms with E-state index < -0.39 is 27.5 Å². The molecule has 6 rings (SSSR count). The molecule has 0 radical (unpaired) electrons. The number of methoxy groups -OCH3 is 1. The number of hydrogen-bond acceptors (Lipinski definition) is 5. The van der Waals surface area contributed by atoms with Gasteiger partial charge in [0.05, 0.1) is 29.8 Å². The molecule has 3 aromatic carbocycles. The first kappa shape index (κ1) is 31.9. The molecule has 0 spiro atoms. The Balaban J connectivity index is 1.29. The average Bonchev–Trinajstić information content (AvgIpc) is 3.64. The van der Waals surface area contributed by atoms with E-state index in [4.69, 9.17) is 4.74 Å². The van der Waals surface area contributed by atoms with Gasteiger partial charge < -0.3 is 10.2 Å². The number of nitrogens with one attached hydrogen (secondary N) is 1. The highest BCUT2D eigenvalue weighted by Gasteiger charge is 2.40. The van der Waals surface area contributed by atoms with Crippen LogP contribution in [0.15, 0.2) is 107 Å². The van der Waals surface area contributed by atoms with Crippen LogP contribution in [0.3, 0.4) is 0 Å². The van der Waals surface area contributed by atoms with E-state index in [2.05, 4.69) is 18.4 Å². The number of rotatable bonds is 10. The lowest BCUT2D eigenvalue weighted by atomic mass is 9.80. The van der Waals surface area contributed by atoms with Gasteiger partial charge in [-0.25, -0.2) is 17.1 Å². The van der Waals surface area contributed by atoms with Crippen LogP contribution in [-0.4, -0.2) is 32.9 Å². The predicted molar refractivity (Wildman–Crippen MR) is 169 cm³/mol. The average molecular weight is 654 g/mol. The van der Waals surface area contributed by atoms with Crippen molar-refractivity contribution in [3.8, 4) is 5.75 Å². The number of nitrogens with zero attached hydrogens (tertiary/aromatic N) is 2. The third-order valence-electron chi connectivity index (χ3n) is 9.03. The largest absolute Gasteiger partial charge is 0.496 e. The van der Waals surface area contributed by atoms with Crippen molar-refractivity contribution >= 4 is 15.7 Å². The SMILES string of the molecule is COc1ccccc1CCN(C[C@H]1CCC2=C1[C@@H](C)C1=CNN(c3ccc(F)cc3)C1=C2)S(=O)(=O)Cc1cccc(C(F)(F)F)c1. The molecule has 6 nitrogen and oxygen atoms in total. The van der Waals surface area contributed by atoms with Gasteiger partial charge in [-0.15, -0.1) is 0 Å². The van der Waals surface area contributed by atoms with Crippen LogP contribution in [0, 0.1) is 17.7 Å². The van der Waals surface area contributed by atoms with Crippen molar-refractivity contribution < 1.29 is 30.7 Å². The van der Waals surface area contributed by atoms with Gasteiger partial charge in [-0.2, -0.15) is 13.2 Å². The molecule has 3 aromatic rings. The Labute approximate surface area is 266 Å². The van der Waals surface area contributed by atoms with Crippen LogP contribution in [0.1, 0.15) is 36.5 Å². The molecule has 0 saturated heterocycles. The lowest BCUT2D eigenvalue weighted by Crippen LogP contribution is -2.38. The minimum atomic E-state index is -4.57. The Hall–Kier alpha value is -4.09. The molecular formula is C35H35F4N3O3S. The standard InChI is InChI=1S/C35H35F4N3O3S/c1-23-31-20-40-42(30-14-12-29(36)13-15-30)32(31)19-26-10-11-27(34(23)26)21-41(17-16-25-7-3-4-9-33(25)45-2)46(43,44)22-24-6-5-8-28(18-24)35(37,38)39/h3-9,12-15,18-20,23,27,40H,10-11,16-17,21-22H2,1-2H3/t23-,27+/m0/s1. The smallest absolute Gasteiger partial charge is 0.416 e. The number of anilines is 1. The van der Waals surface area contributed by atoms with E-state index in [9.17, 15) is 26.0 Å². The quantitative estimate of drug-likeness (QED) is 0.232. The number of para-hydroxylation sites is 1. The molecule has 11 heteroatoms. The highest BCUT2D eigenvalue weighted by molar-refractivity contribution is 7.88. The van der Waals surface area contributed by atoms with Gasteiger partial charge in [-0.05, 0) is 84.4 Å². The molecule has 1 aliphatic heterocycles. The number of ether oxygens (including phenoxy) is 1. The minimum Gasteiger partial charge on any atom is -0.496 e. The van der Waals surface area contributed by atoms with Crippen LogP contribution in [0.4, 0.5) is 23.2 Å². The lowest BCUT2D eigenvalue weighted by molar-refractivity contribution is -0.137. The molecule has 3 aliphatic rings. The molecule has 242 valence electrons. The minimum absolute atomic E-state index is 0.00249. The monoisotopic (exact) mass is 653 g/mol. The van der Waals surface area contributed by atoms with E-state index in [1.807, 2.05) is 35.5 Å². The zero-order chi connectivity index (χ0) is 32.6. The second kappa shape index (κ2) is 12.6. The second-order valence-electron chi connectivity index (χ2n) is 11.9. The molecule has 0 bridgehead atoms. The van der Waals surface area contributed by atoms with Crippen LogP contribution in [0.25, 0.3) is 0 Å². The number of fused-ring (bicyclic) bond motifs is 1. The van der Waals surface area contributed by atoms with Gasteiger partial charge >= 0.3 is 6.18 Å². The summed E-state index contributed by atoms with van der Waals surface area (Å²) >= 11 is 0. The van der Waals surface area contributed by atoms with Crippen molar-refractivity contribution in [1.29, 1.82) is 0 Å². The second-order valence-corrected chi connectivity index (χ2v) is 13.9. The topological polar surface area (TPSA) is 61.9 Å². The number of alkyl halides is 3. The van der Waals surface area contributed by atoms with Crippen LogP contribution in [0.2, 0.25) is 0 Å². The third kappa shape index (κ3) is 6.43. The van der Waals surface area contributed by atoms with E-state index in [1.54, 1.807) is 19.2 Å². The number of hydrogen-bond donors (Lipinski definition) is 1. The highest BCUT2D eigenvalue weighted by Crippen LogP contribution is 2.48. The number of allylic oxidation sites excluding steroid dienone is 3. The van der Waals surface area contributed by atoms with Gasteiger partial charge in [0.25, 0.3) is 0 Å². The molecule has 1 N–H and O–H groups in total. The van der Waals surface area contributed by atoms with E-state index in [0.717, 1.165) is 53.1 Å². The molecule has 0 unspecified atom stereocenters. The molecular weight excluding hydrogens is 618 g/mol. The van der Waals surface area contributed by atoms with Crippen molar-refractivity contribution in [1.82, 2.24) is 9.73 Å². The summed E-state index contributed by atoms with van der Waals surface area (Å²) < 4.78 is 88.8. The van der Waals surface area contributed by atoms with Gasteiger partial charge in [-0.3, -0.25) is 5.01 Å². The van der Waals surface area contributed by atoms with Crippen LogP contribution in [0.5, 0.6) is 5.75 Å². The number of hydrazine groups is 1. The Bertz CT molecular complexity index is 1820. The fraction of sp³-hybridized carbons (Fsp3) is 0.314. The van der Waals surface area contributed by atoms with Crippen molar-refractivity contribution in [2.24, 2.45) is 11.8 Å². The lowest BCUT2D eigenvalue weighted by Gasteiger charge is -2.32. The maximum atomic E-state index is 14.0. The molecule has 0 fully saturated rings. The zero-order valence-corrected chi connectivity index (χ0v) is 26.3. The van der Waals surface area contributed by atoms with Gasteiger partial charge in [0.15, 0.2) is 0 Å². The Morgan fingerprint density at radius 2 is 1.80 bits per heavy atom. The maximum Gasteiger partial charge on any atom is 0.416 e. The van der Waals surface area contributed by atoms with Gasteiger partial charge in [0.2, 0.25) is 10.0 Å². The summed E-state index contributed by atoms with van der Waals surface area (Å²) in [7, 11) is -2.46. The Morgan fingerprint density at radius 1 is 1.04 bits per heavy atom. The first-order chi connectivity index (χ1) is 21.9. The summed E-state index contributed by atoms with van der Waals surface area (Å²) in [5.74, 6) is -0.277. The summed E-state index contributed by atoms with van der Waals surface area (Å²) in [6, 6.07) is 18.2. The molecule has 0 saturated carbocycles. The summed E-state index contributed by atoms with van der Waals surface area (Å²) in [4.78, 5) is 0. The summed E-state index contributed by atoms with van der Waals surface area (Å²) in [5.41, 5.74) is 8.50. The summed E-state index contributed by atoms with van der Waals surface area (Å²) in [6.45, 7) is 2.47. The normalized spacial score (nSPS) is 19.5. The molecule has 46 heavy (non-hydrogen) atoms. The number of halogens is 4. The van der Waals surface area contributed by atoms with Crippen molar-refractivity contribution in [2.45, 2.75) is 38.1 Å². The van der Waals surface area contributed by atoms with Crippen LogP contribution >= 0.6 is 0 Å². The first-order valence-corrected chi connectivity index (χ1v) is 16.8. The predicted octanol–water partition coefficient (Wildman–Crippen LogP) is 7.38. The van der Waals surface area contributed by atoms with E-state index in [0.29, 0.717) is 12.2 Å². The van der Waals surface area contributed by atoms with E-state index in [-0.39, 0.29) is 36.3 Å². The molecule has 0 amide bonds. The van der Waals surface area contributed by atoms with Crippen LogP contribution < -0.4 is 15.2 Å².